The van der Waals surface area contributed by atoms with Gasteiger partial charge in [-0.15, -0.1) is 11.8 Å². The lowest BCUT2D eigenvalue weighted by molar-refractivity contribution is -0.129. The van der Waals surface area contributed by atoms with Crippen LogP contribution in [0.15, 0.2) is 23.1 Å². The molecule has 19 heavy (non-hydrogen) atoms. The Bertz CT molecular complexity index is 417. The monoisotopic (exact) mass is 283 g/mol. The van der Waals surface area contributed by atoms with E-state index in [1.165, 1.54) is 22.2 Å². The highest BCUT2D eigenvalue weighted by Crippen LogP contribution is 2.23. The van der Waals surface area contributed by atoms with Gasteiger partial charge in [-0.1, -0.05) is 17.7 Å². The topological polar surface area (TPSA) is 60.8 Å². The van der Waals surface area contributed by atoms with Crippen molar-refractivity contribution in [2.45, 2.75) is 18.7 Å². The van der Waals surface area contributed by atoms with Gasteiger partial charge in [0.25, 0.3) is 0 Å². The summed E-state index contributed by atoms with van der Waals surface area (Å²) in [6.07, 6.45) is 0. The smallest absolute Gasteiger partial charge is 0.233 e. The second-order valence-electron chi connectivity index (χ2n) is 4.39. The van der Waals surface area contributed by atoms with Crippen LogP contribution in [0.2, 0.25) is 0 Å². The molecule has 0 saturated carbocycles. The molecule has 0 aliphatic rings. The second-order valence-corrected chi connectivity index (χ2v) is 5.40. The molecule has 0 heterocycles. The summed E-state index contributed by atoms with van der Waals surface area (Å²) in [4.78, 5) is 14.6. The summed E-state index contributed by atoms with van der Waals surface area (Å²) in [5.41, 5.74) is 2.32. The van der Waals surface area contributed by atoms with Gasteiger partial charge >= 0.3 is 0 Å². The minimum atomic E-state index is -0.0835. The second kappa shape index (κ2) is 8.19. The van der Waals surface area contributed by atoms with Gasteiger partial charge < -0.3 is 15.1 Å². The Kier molecular flexibility index (Phi) is 6.91. The summed E-state index contributed by atoms with van der Waals surface area (Å²) in [7, 11) is 0. The van der Waals surface area contributed by atoms with Gasteiger partial charge in [0.1, 0.15) is 0 Å². The number of benzene rings is 1. The van der Waals surface area contributed by atoms with Crippen LogP contribution in [0.3, 0.4) is 0 Å². The van der Waals surface area contributed by atoms with Crippen LogP contribution in [0.4, 0.5) is 0 Å². The Morgan fingerprint density at radius 1 is 1.21 bits per heavy atom. The van der Waals surface area contributed by atoms with Gasteiger partial charge in [0.15, 0.2) is 0 Å². The summed E-state index contributed by atoms with van der Waals surface area (Å²) in [6, 6.07) is 6.15. The standard InChI is InChI=1S/C14H21NO3S/c1-11-3-4-12(2)13(9-11)19-10-14(18)15(5-7-16)6-8-17/h3-4,9,16-17H,5-8,10H2,1-2H3. The van der Waals surface area contributed by atoms with E-state index in [1.807, 2.05) is 26.0 Å². The lowest BCUT2D eigenvalue weighted by Crippen LogP contribution is -2.37. The fourth-order valence-corrected chi connectivity index (χ4v) is 2.72. The quantitative estimate of drug-likeness (QED) is 0.738. The molecule has 0 aliphatic carbocycles. The van der Waals surface area contributed by atoms with Crippen molar-refractivity contribution in [1.29, 1.82) is 0 Å². The van der Waals surface area contributed by atoms with Crippen molar-refractivity contribution < 1.29 is 15.0 Å². The number of hydrogen-bond donors (Lipinski definition) is 2. The van der Waals surface area contributed by atoms with Crippen molar-refractivity contribution in [3.05, 3.63) is 29.3 Å². The Balaban J connectivity index is 2.59. The van der Waals surface area contributed by atoms with Gasteiger partial charge in [0.05, 0.1) is 19.0 Å². The van der Waals surface area contributed by atoms with Crippen LogP contribution in [0.5, 0.6) is 0 Å². The van der Waals surface area contributed by atoms with E-state index in [9.17, 15) is 4.79 Å². The van der Waals surface area contributed by atoms with Crippen LogP contribution in [-0.2, 0) is 4.79 Å². The van der Waals surface area contributed by atoms with Crippen LogP contribution in [0.1, 0.15) is 11.1 Å². The molecule has 4 nitrogen and oxygen atoms in total. The van der Waals surface area contributed by atoms with E-state index in [-0.39, 0.29) is 32.2 Å². The van der Waals surface area contributed by atoms with Crippen LogP contribution in [0, 0.1) is 13.8 Å². The zero-order chi connectivity index (χ0) is 14.3. The predicted octanol–water partition coefficient (Wildman–Crippen LogP) is 1.21. The highest BCUT2D eigenvalue weighted by molar-refractivity contribution is 8.00. The first kappa shape index (κ1) is 16.0. The molecule has 0 saturated heterocycles. The third-order valence-corrected chi connectivity index (χ3v) is 3.93. The van der Waals surface area contributed by atoms with Gasteiger partial charge in [0, 0.05) is 18.0 Å². The number of aliphatic hydroxyl groups is 2. The molecule has 5 heteroatoms. The molecule has 1 rings (SSSR count). The van der Waals surface area contributed by atoms with E-state index in [0.29, 0.717) is 5.75 Å². The average molecular weight is 283 g/mol. The van der Waals surface area contributed by atoms with Gasteiger partial charge in [-0.25, -0.2) is 0 Å². The summed E-state index contributed by atoms with van der Waals surface area (Å²) in [5.74, 6) is 0.263. The summed E-state index contributed by atoms with van der Waals surface area (Å²) in [6.45, 7) is 4.42. The number of thioether (sulfide) groups is 1. The first-order valence-electron chi connectivity index (χ1n) is 6.28. The number of aliphatic hydroxyl groups excluding tert-OH is 2. The molecule has 0 radical (unpaired) electrons. The van der Waals surface area contributed by atoms with Crippen LogP contribution < -0.4 is 0 Å². The van der Waals surface area contributed by atoms with E-state index in [4.69, 9.17) is 10.2 Å². The third-order valence-electron chi connectivity index (χ3n) is 2.79. The van der Waals surface area contributed by atoms with Crippen molar-refractivity contribution in [3.8, 4) is 0 Å². The van der Waals surface area contributed by atoms with Crippen molar-refractivity contribution in [2.75, 3.05) is 32.1 Å². The highest BCUT2D eigenvalue weighted by Gasteiger charge is 2.13. The molecular weight excluding hydrogens is 262 g/mol. The van der Waals surface area contributed by atoms with E-state index in [2.05, 4.69) is 6.07 Å². The van der Waals surface area contributed by atoms with E-state index < -0.39 is 0 Å². The molecule has 2 N–H and O–H groups in total. The summed E-state index contributed by atoms with van der Waals surface area (Å²) in [5, 5.41) is 17.8. The lowest BCUT2D eigenvalue weighted by Gasteiger charge is -2.20. The SMILES string of the molecule is Cc1ccc(C)c(SCC(=O)N(CCO)CCO)c1. The molecular formula is C14H21NO3S. The van der Waals surface area contributed by atoms with E-state index in [1.54, 1.807) is 0 Å². The number of nitrogens with zero attached hydrogens (tertiary/aromatic N) is 1. The zero-order valence-corrected chi connectivity index (χ0v) is 12.2. The predicted molar refractivity (Wildman–Crippen MR) is 77.4 cm³/mol. The van der Waals surface area contributed by atoms with E-state index >= 15 is 0 Å². The van der Waals surface area contributed by atoms with Crippen LogP contribution in [-0.4, -0.2) is 53.1 Å². The van der Waals surface area contributed by atoms with Crippen molar-refractivity contribution in [3.63, 3.8) is 0 Å². The Hall–Kier alpha value is -1.04. The minimum Gasteiger partial charge on any atom is -0.395 e. The van der Waals surface area contributed by atoms with Gasteiger partial charge in [0.2, 0.25) is 5.91 Å². The Morgan fingerprint density at radius 2 is 1.84 bits per heavy atom. The highest BCUT2D eigenvalue weighted by atomic mass is 32.2. The maximum Gasteiger partial charge on any atom is 0.233 e. The number of carbonyl (C=O) groups excluding carboxylic acids is 1. The molecule has 0 fully saturated rings. The van der Waals surface area contributed by atoms with Crippen molar-refractivity contribution in [1.82, 2.24) is 4.90 Å². The molecule has 0 bridgehead atoms. The van der Waals surface area contributed by atoms with Crippen molar-refractivity contribution >= 4 is 17.7 Å². The molecule has 0 aliphatic heterocycles. The maximum atomic E-state index is 12.0. The van der Waals surface area contributed by atoms with E-state index in [0.717, 1.165) is 10.5 Å². The fraction of sp³-hybridized carbons (Fsp3) is 0.500. The van der Waals surface area contributed by atoms with Gasteiger partial charge in [-0.05, 0) is 25.5 Å². The Morgan fingerprint density at radius 3 is 2.42 bits per heavy atom. The molecule has 0 aromatic heterocycles. The normalized spacial score (nSPS) is 10.5. The van der Waals surface area contributed by atoms with Crippen molar-refractivity contribution in [2.24, 2.45) is 0 Å². The molecule has 1 aromatic carbocycles. The van der Waals surface area contributed by atoms with Crippen LogP contribution in [0.25, 0.3) is 0 Å². The van der Waals surface area contributed by atoms with Crippen LogP contribution >= 0.6 is 11.8 Å². The Labute approximate surface area is 118 Å². The number of hydrogen-bond acceptors (Lipinski definition) is 4. The maximum absolute atomic E-state index is 12.0. The minimum absolute atomic E-state index is 0.0611. The molecule has 0 unspecified atom stereocenters. The number of amides is 1. The third kappa shape index (κ3) is 5.22. The molecule has 0 atom stereocenters. The fourth-order valence-electron chi connectivity index (χ4n) is 1.70. The molecule has 1 aromatic rings. The number of carbonyl (C=O) groups is 1. The number of rotatable bonds is 7. The molecule has 0 spiro atoms. The average Bonchev–Trinajstić information content (AvgIpc) is 2.39. The number of aryl methyl sites for hydroxylation is 2. The summed E-state index contributed by atoms with van der Waals surface area (Å²) >= 11 is 1.49. The molecule has 106 valence electrons. The van der Waals surface area contributed by atoms with Gasteiger partial charge in [-0.2, -0.15) is 0 Å². The summed E-state index contributed by atoms with van der Waals surface area (Å²) < 4.78 is 0. The molecule has 1 amide bonds. The lowest BCUT2D eigenvalue weighted by atomic mass is 10.2. The van der Waals surface area contributed by atoms with Gasteiger partial charge in [-0.3, -0.25) is 4.79 Å². The zero-order valence-electron chi connectivity index (χ0n) is 11.4. The first-order chi connectivity index (χ1) is 9.08. The first-order valence-corrected chi connectivity index (χ1v) is 7.26. The largest absolute Gasteiger partial charge is 0.395 e.